The van der Waals surface area contributed by atoms with E-state index in [4.69, 9.17) is 4.74 Å². The molecule has 0 spiro atoms. The SMILES string of the molecule is Cc1ccc(C(=O)NC(C)(COc2ccccc2)C(=O)O)n1C. The van der Waals surface area contributed by atoms with Gasteiger partial charge in [0.1, 0.15) is 18.1 Å². The molecular weight excluding hydrogens is 296 g/mol. The van der Waals surface area contributed by atoms with Crippen LogP contribution in [0.4, 0.5) is 0 Å². The first-order valence-electron chi connectivity index (χ1n) is 7.19. The second-order valence-electron chi connectivity index (χ2n) is 5.61. The maximum atomic E-state index is 12.4. The maximum absolute atomic E-state index is 12.4. The normalized spacial score (nSPS) is 13.2. The number of nitrogens with zero attached hydrogens (tertiary/aromatic N) is 1. The number of para-hydroxylation sites is 1. The van der Waals surface area contributed by atoms with Gasteiger partial charge >= 0.3 is 5.97 Å². The number of aromatic nitrogens is 1. The van der Waals surface area contributed by atoms with Crippen LogP contribution in [0.15, 0.2) is 42.5 Å². The Morgan fingerprint density at radius 2 is 1.87 bits per heavy atom. The van der Waals surface area contributed by atoms with Gasteiger partial charge in [-0.1, -0.05) is 18.2 Å². The minimum Gasteiger partial charge on any atom is -0.491 e. The van der Waals surface area contributed by atoms with Crippen LogP contribution in [0.3, 0.4) is 0 Å². The average Bonchev–Trinajstić information content (AvgIpc) is 2.86. The minimum atomic E-state index is -1.54. The zero-order chi connectivity index (χ0) is 17.0. The van der Waals surface area contributed by atoms with Crippen LogP contribution in [0.25, 0.3) is 0 Å². The number of ether oxygens (including phenoxy) is 1. The molecule has 0 aliphatic carbocycles. The second-order valence-corrected chi connectivity index (χ2v) is 5.61. The Labute approximate surface area is 134 Å². The summed E-state index contributed by atoms with van der Waals surface area (Å²) in [5.41, 5.74) is -0.229. The summed E-state index contributed by atoms with van der Waals surface area (Å²) in [6, 6.07) is 12.3. The van der Waals surface area contributed by atoms with Gasteiger partial charge in [0.05, 0.1) is 0 Å². The number of aryl methyl sites for hydroxylation is 1. The molecule has 122 valence electrons. The molecule has 0 fully saturated rings. The number of carbonyl (C=O) groups excluding carboxylic acids is 1. The smallest absolute Gasteiger partial charge is 0.332 e. The topological polar surface area (TPSA) is 80.6 Å². The molecular formula is C17H20N2O4. The van der Waals surface area contributed by atoms with Gasteiger partial charge in [-0.05, 0) is 38.1 Å². The average molecular weight is 316 g/mol. The molecule has 2 rings (SSSR count). The first kappa shape index (κ1) is 16.6. The van der Waals surface area contributed by atoms with Crippen molar-refractivity contribution in [3.8, 4) is 5.75 Å². The number of amides is 1. The van der Waals surface area contributed by atoms with Crippen LogP contribution < -0.4 is 10.1 Å². The molecule has 0 bridgehead atoms. The number of rotatable bonds is 6. The van der Waals surface area contributed by atoms with Gasteiger partial charge in [-0.15, -0.1) is 0 Å². The summed E-state index contributed by atoms with van der Waals surface area (Å²) < 4.78 is 7.21. The molecule has 1 aromatic heterocycles. The number of carboxylic acid groups (broad SMARTS) is 1. The van der Waals surface area contributed by atoms with E-state index < -0.39 is 17.4 Å². The summed E-state index contributed by atoms with van der Waals surface area (Å²) in [4.78, 5) is 24.0. The van der Waals surface area contributed by atoms with Crippen LogP contribution in [-0.4, -0.2) is 33.7 Å². The van der Waals surface area contributed by atoms with Gasteiger partial charge < -0.3 is 19.7 Å². The van der Waals surface area contributed by atoms with Crippen LogP contribution in [-0.2, 0) is 11.8 Å². The molecule has 2 N–H and O–H groups in total. The van der Waals surface area contributed by atoms with E-state index >= 15 is 0 Å². The lowest BCUT2D eigenvalue weighted by atomic mass is 10.0. The molecule has 6 heteroatoms. The minimum absolute atomic E-state index is 0.179. The van der Waals surface area contributed by atoms with Gasteiger partial charge in [0.2, 0.25) is 0 Å². The predicted octanol–water partition coefficient (Wildman–Crippen LogP) is 1.99. The number of nitrogens with one attached hydrogen (secondary N) is 1. The van der Waals surface area contributed by atoms with Crippen molar-refractivity contribution < 1.29 is 19.4 Å². The molecule has 6 nitrogen and oxygen atoms in total. The number of hydrogen-bond acceptors (Lipinski definition) is 3. The molecule has 0 aliphatic heterocycles. The summed E-state index contributed by atoms with van der Waals surface area (Å²) in [5, 5.41) is 12.0. The summed E-state index contributed by atoms with van der Waals surface area (Å²) >= 11 is 0. The van der Waals surface area contributed by atoms with E-state index in [0.29, 0.717) is 11.4 Å². The predicted molar refractivity (Wildman–Crippen MR) is 85.6 cm³/mol. The highest BCUT2D eigenvalue weighted by Gasteiger charge is 2.36. The van der Waals surface area contributed by atoms with Crippen molar-refractivity contribution in [1.29, 1.82) is 0 Å². The fourth-order valence-electron chi connectivity index (χ4n) is 2.05. The molecule has 1 amide bonds. The lowest BCUT2D eigenvalue weighted by Crippen LogP contribution is -2.56. The molecule has 0 saturated heterocycles. The molecule has 0 aliphatic rings. The Hall–Kier alpha value is -2.76. The largest absolute Gasteiger partial charge is 0.491 e. The number of benzene rings is 1. The first-order chi connectivity index (χ1) is 10.8. The fourth-order valence-corrected chi connectivity index (χ4v) is 2.05. The third kappa shape index (κ3) is 3.71. The molecule has 23 heavy (non-hydrogen) atoms. The Morgan fingerprint density at radius 1 is 1.22 bits per heavy atom. The van der Waals surface area contributed by atoms with Crippen LogP contribution in [0, 0.1) is 6.92 Å². The summed E-state index contributed by atoms with van der Waals surface area (Å²) in [6.45, 7) is 3.11. The maximum Gasteiger partial charge on any atom is 0.332 e. The highest BCUT2D eigenvalue weighted by atomic mass is 16.5. The van der Waals surface area contributed by atoms with Crippen LogP contribution >= 0.6 is 0 Å². The molecule has 1 unspecified atom stereocenters. The lowest BCUT2D eigenvalue weighted by molar-refractivity contribution is -0.145. The molecule has 0 radical (unpaired) electrons. The molecule has 1 heterocycles. The van der Waals surface area contributed by atoms with E-state index in [1.165, 1.54) is 6.92 Å². The Morgan fingerprint density at radius 3 is 2.39 bits per heavy atom. The van der Waals surface area contributed by atoms with Crippen LogP contribution in [0.1, 0.15) is 23.1 Å². The molecule has 2 aromatic rings. The molecule has 1 atom stereocenters. The second kappa shape index (κ2) is 6.56. The van der Waals surface area contributed by atoms with Crippen molar-refractivity contribution >= 4 is 11.9 Å². The lowest BCUT2D eigenvalue weighted by Gasteiger charge is -2.26. The van der Waals surface area contributed by atoms with Gasteiger partial charge in [-0.25, -0.2) is 4.79 Å². The van der Waals surface area contributed by atoms with Gasteiger partial charge in [-0.2, -0.15) is 0 Å². The van der Waals surface area contributed by atoms with E-state index in [-0.39, 0.29) is 6.61 Å². The highest BCUT2D eigenvalue weighted by Crippen LogP contribution is 2.14. The van der Waals surface area contributed by atoms with Crippen molar-refractivity contribution in [2.24, 2.45) is 7.05 Å². The van der Waals surface area contributed by atoms with E-state index in [9.17, 15) is 14.7 Å². The van der Waals surface area contributed by atoms with E-state index in [1.807, 2.05) is 13.0 Å². The van der Waals surface area contributed by atoms with Gasteiger partial charge in [0.15, 0.2) is 5.54 Å². The van der Waals surface area contributed by atoms with E-state index in [2.05, 4.69) is 5.32 Å². The highest BCUT2D eigenvalue weighted by molar-refractivity contribution is 5.96. The van der Waals surface area contributed by atoms with Crippen molar-refractivity contribution in [2.45, 2.75) is 19.4 Å². The van der Waals surface area contributed by atoms with Gasteiger partial charge in [0, 0.05) is 12.7 Å². The zero-order valence-corrected chi connectivity index (χ0v) is 13.4. The standard InChI is InChI=1S/C17H20N2O4/c1-12-9-10-14(19(12)3)15(20)18-17(2,16(21)22)11-23-13-7-5-4-6-8-13/h4-10H,11H2,1-3H3,(H,18,20)(H,21,22). The monoisotopic (exact) mass is 316 g/mol. The van der Waals surface area contributed by atoms with Gasteiger partial charge in [-0.3, -0.25) is 4.79 Å². The Kier molecular flexibility index (Phi) is 4.74. The Balaban J connectivity index is 2.12. The van der Waals surface area contributed by atoms with E-state index in [1.54, 1.807) is 48.0 Å². The Bertz CT molecular complexity index is 709. The van der Waals surface area contributed by atoms with Crippen molar-refractivity contribution in [2.75, 3.05) is 6.61 Å². The van der Waals surface area contributed by atoms with Crippen molar-refractivity contribution in [3.05, 3.63) is 53.9 Å². The zero-order valence-electron chi connectivity index (χ0n) is 13.4. The van der Waals surface area contributed by atoms with Crippen LogP contribution in [0.5, 0.6) is 5.75 Å². The van der Waals surface area contributed by atoms with Crippen LogP contribution in [0.2, 0.25) is 0 Å². The summed E-state index contributed by atoms with van der Waals surface area (Å²) in [5.74, 6) is -1.07. The molecule has 1 aromatic carbocycles. The quantitative estimate of drug-likeness (QED) is 0.854. The third-order valence-electron chi connectivity index (χ3n) is 3.74. The number of carboxylic acids is 1. The van der Waals surface area contributed by atoms with Gasteiger partial charge in [0.25, 0.3) is 5.91 Å². The van der Waals surface area contributed by atoms with Crippen molar-refractivity contribution in [1.82, 2.24) is 9.88 Å². The number of carbonyl (C=O) groups is 2. The number of hydrogen-bond donors (Lipinski definition) is 2. The first-order valence-corrected chi connectivity index (χ1v) is 7.19. The number of aliphatic carboxylic acids is 1. The molecule has 0 saturated carbocycles. The van der Waals surface area contributed by atoms with Crippen molar-refractivity contribution in [3.63, 3.8) is 0 Å². The summed E-state index contributed by atoms with van der Waals surface area (Å²) in [7, 11) is 1.75. The third-order valence-corrected chi connectivity index (χ3v) is 3.74. The summed E-state index contributed by atoms with van der Waals surface area (Å²) in [6.07, 6.45) is 0. The fraction of sp³-hybridized carbons (Fsp3) is 0.294. The van der Waals surface area contributed by atoms with E-state index in [0.717, 1.165) is 5.69 Å².